The van der Waals surface area contributed by atoms with Gasteiger partial charge >= 0.3 is 0 Å². The summed E-state index contributed by atoms with van der Waals surface area (Å²) in [5.74, 6) is -0.0817. The van der Waals surface area contributed by atoms with Crippen molar-refractivity contribution in [3.05, 3.63) is 82.2 Å². The standard InChI is InChI=1S/C32H40ClN7O/c1-21-8-12-34-18-25(21)19-40(27-6-7-28-29(17-27)38(5)20-36-28)26-10-14-39(15-11-26)23(3)9-13-35-32(41)31-22(2)16-30(33)37-24(31)4/h6-8,12,16-18,20,23,26H,9-11,13-15,19H2,1-5H3,(H,35,41)/t23-/m1/s1. The molecule has 1 atom stereocenters. The maximum absolute atomic E-state index is 12.8. The van der Waals surface area contributed by atoms with Gasteiger partial charge in [-0.2, -0.15) is 0 Å². The predicted octanol–water partition coefficient (Wildman–Crippen LogP) is 5.62. The lowest BCUT2D eigenvalue weighted by Crippen LogP contribution is -2.48. The van der Waals surface area contributed by atoms with Crippen molar-refractivity contribution in [2.24, 2.45) is 7.05 Å². The molecule has 1 aliphatic heterocycles. The largest absolute Gasteiger partial charge is 0.364 e. The van der Waals surface area contributed by atoms with Gasteiger partial charge in [-0.3, -0.25) is 9.78 Å². The number of carbonyl (C=O) groups is 1. The number of aryl methyl sites for hydroxylation is 4. The van der Waals surface area contributed by atoms with Crippen LogP contribution in [-0.2, 0) is 13.6 Å². The van der Waals surface area contributed by atoms with E-state index in [4.69, 9.17) is 11.6 Å². The minimum absolute atomic E-state index is 0.0817. The molecule has 8 nitrogen and oxygen atoms in total. The van der Waals surface area contributed by atoms with E-state index in [1.165, 1.54) is 16.8 Å². The third-order valence-electron chi connectivity index (χ3n) is 8.53. The number of amides is 1. The zero-order valence-corrected chi connectivity index (χ0v) is 25.4. The van der Waals surface area contributed by atoms with Gasteiger partial charge in [0.15, 0.2) is 0 Å². The number of imidazole rings is 1. The van der Waals surface area contributed by atoms with Crippen molar-refractivity contribution in [3.63, 3.8) is 0 Å². The Labute approximate surface area is 247 Å². The molecule has 1 fully saturated rings. The third-order valence-corrected chi connectivity index (χ3v) is 8.73. The van der Waals surface area contributed by atoms with E-state index < -0.39 is 0 Å². The number of nitrogens with one attached hydrogen (secondary N) is 1. The molecule has 1 aromatic carbocycles. The Morgan fingerprint density at radius 3 is 2.66 bits per heavy atom. The van der Waals surface area contributed by atoms with Crippen LogP contribution in [0.2, 0.25) is 5.15 Å². The van der Waals surface area contributed by atoms with Crippen molar-refractivity contribution in [3.8, 4) is 0 Å². The molecule has 0 unspecified atom stereocenters. The van der Waals surface area contributed by atoms with E-state index in [2.05, 4.69) is 72.7 Å². The zero-order valence-electron chi connectivity index (χ0n) is 24.7. The number of hydrogen-bond acceptors (Lipinski definition) is 6. The molecule has 216 valence electrons. The zero-order chi connectivity index (χ0) is 29.1. The van der Waals surface area contributed by atoms with Crippen LogP contribution in [0.15, 0.2) is 49.1 Å². The second kappa shape index (κ2) is 12.6. The average molecular weight is 574 g/mol. The number of anilines is 1. The quantitative estimate of drug-likeness (QED) is 0.262. The number of likely N-dealkylation sites (tertiary alicyclic amines) is 1. The normalized spacial score (nSPS) is 15.3. The molecule has 0 saturated carbocycles. The monoisotopic (exact) mass is 573 g/mol. The van der Waals surface area contributed by atoms with Crippen LogP contribution in [0.5, 0.6) is 0 Å². The van der Waals surface area contributed by atoms with Crippen LogP contribution in [0.25, 0.3) is 11.0 Å². The highest BCUT2D eigenvalue weighted by Gasteiger charge is 2.28. The van der Waals surface area contributed by atoms with E-state index in [-0.39, 0.29) is 5.91 Å². The Morgan fingerprint density at radius 2 is 1.93 bits per heavy atom. The lowest BCUT2D eigenvalue weighted by molar-refractivity contribution is 0.0943. The molecule has 41 heavy (non-hydrogen) atoms. The summed E-state index contributed by atoms with van der Waals surface area (Å²) in [6.07, 6.45) is 8.79. The number of pyridine rings is 2. The predicted molar refractivity (Wildman–Crippen MR) is 166 cm³/mol. The summed E-state index contributed by atoms with van der Waals surface area (Å²) >= 11 is 6.04. The van der Waals surface area contributed by atoms with Crippen LogP contribution >= 0.6 is 11.6 Å². The molecule has 0 bridgehead atoms. The topological polar surface area (TPSA) is 79.2 Å². The van der Waals surface area contributed by atoms with Gasteiger partial charge in [0, 0.05) is 63.4 Å². The molecule has 4 heterocycles. The van der Waals surface area contributed by atoms with Gasteiger partial charge in [0.05, 0.1) is 28.6 Å². The van der Waals surface area contributed by atoms with Crippen LogP contribution in [0.1, 0.15) is 58.9 Å². The van der Waals surface area contributed by atoms with Crippen molar-refractivity contribution in [2.45, 2.75) is 65.6 Å². The smallest absolute Gasteiger partial charge is 0.253 e. The van der Waals surface area contributed by atoms with Gasteiger partial charge < -0.3 is 19.7 Å². The summed E-state index contributed by atoms with van der Waals surface area (Å²) < 4.78 is 2.08. The molecule has 0 spiro atoms. The SMILES string of the molecule is Cc1ccncc1CN(c1ccc2ncn(C)c2c1)C1CCN([C@H](C)CCNC(=O)c2c(C)cc(Cl)nc2C)CC1. The van der Waals surface area contributed by atoms with Crippen molar-refractivity contribution in [2.75, 3.05) is 24.5 Å². The summed E-state index contributed by atoms with van der Waals surface area (Å²) in [5, 5.41) is 3.52. The summed E-state index contributed by atoms with van der Waals surface area (Å²) in [6, 6.07) is 11.2. The van der Waals surface area contributed by atoms with E-state index in [0.29, 0.717) is 35.0 Å². The highest BCUT2D eigenvalue weighted by Crippen LogP contribution is 2.30. The molecule has 1 N–H and O–H groups in total. The average Bonchev–Trinajstić information content (AvgIpc) is 3.32. The number of carbonyl (C=O) groups excluding carboxylic acids is 1. The van der Waals surface area contributed by atoms with Gasteiger partial charge in [-0.1, -0.05) is 11.6 Å². The molecule has 0 radical (unpaired) electrons. The van der Waals surface area contributed by atoms with E-state index in [1.54, 1.807) is 6.07 Å². The van der Waals surface area contributed by atoms with E-state index in [1.807, 2.05) is 39.6 Å². The lowest BCUT2D eigenvalue weighted by atomic mass is 9.98. The first-order chi connectivity index (χ1) is 19.7. The first-order valence-corrected chi connectivity index (χ1v) is 14.8. The first-order valence-electron chi connectivity index (χ1n) is 14.4. The van der Waals surface area contributed by atoms with E-state index in [9.17, 15) is 4.79 Å². The number of piperidine rings is 1. The molecule has 9 heteroatoms. The summed E-state index contributed by atoms with van der Waals surface area (Å²) in [5.41, 5.74) is 8.03. The summed E-state index contributed by atoms with van der Waals surface area (Å²) in [4.78, 5) is 31.1. The van der Waals surface area contributed by atoms with Crippen molar-refractivity contribution < 1.29 is 4.79 Å². The van der Waals surface area contributed by atoms with Gasteiger partial charge in [-0.15, -0.1) is 0 Å². The Balaban J connectivity index is 1.22. The maximum Gasteiger partial charge on any atom is 0.253 e. The molecule has 5 rings (SSSR count). The fraction of sp³-hybridized carbons (Fsp3) is 0.438. The van der Waals surface area contributed by atoms with Crippen LogP contribution in [-0.4, -0.2) is 62.0 Å². The Kier molecular flexibility index (Phi) is 8.90. The van der Waals surface area contributed by atoms with Gasteiger partial charge in [0.25, 0.3) is 5.91 Å². The second-order valence-corrected chi connectivity index (χ2v) is 11.7. The Morgan fingerprint density at radius 1 is 1.15 bits per heavy atom. The molecule has 1 aliphatic rings. The first kappa shape index (κ1) is 29.0. The van der Waals surface area contributed by atoms with Gasteiger partial charge in [-0.25, -0.2) is 9.97 Å². The van der Waals surface area contributed by atoms with Crippen LogP contribution in [0.3, 0.4) is 0 Å². The maximum atomic E-state index is 12.8. The van der Waals surface area contributed by atoms with Crippen molar-refractivity contribution in [1.82, 2.24) is 29.7 Å². The summed E-state index contributed by atoms with van der Waals surface area (Å²) in [6.45, 7) is 11.6. The Hall–Kier alpha value is -3.49. The number of aromatic nitrogens is 4. The molecule has 1 amide bonds. The number of hydrogen-bond donors (Lipinski definition) is 1. The van der Waals surface area contributed by atoms with E-state index in [0.717, 1.165) is 55.5 Å². The van der Waals surface area contributed by atoms with Crippen LogP contribution in [0.4, 0.5) is 5.69 Å². The minimum Gasteiger partial charge on any atom is -0.364 e. The number of rotatable bonds is 9. The molecular weight excluding hydrogens is 534 g/mol. The minimum atomic E-state index is -0.0817. The van der Waals surface area contributed by atoms with Crippen LogP contribution < -0.4 is 10.2 Å². The fourth-order valence-corrected chi connectivity index (χ4v) is 6.29. The number of nitrogens with zero attached hydrogens (tertiary/aromatic N) is 6. The highest BCUT2D eigenvalue weighted by atomic mass is 35.5. The molecule has 3 aromatic heterocycles. The lowest BCUT2D eigenvalue weighted by Gasteiger charge is -2.42. The van der Waals surface area contributed by atoms with Gasteiger partial charge in [0.1, 0.15) is 5.15 Å². The summed E-state index contributed by atoms with van der Waals surface area (Å²) in [7, 11) is 2.05. The highest BCUT2D eigenvalue weighted by molar-refractivity contribution is 6.29. The van der Waals surface area contributed by atoms with Gasteiger partial charge in [0.2, 0.25) is 0 Å². The molecule has 4 aromatic rings. The Bertz CT molecular complexity index is 1500. The van der Waals surface area contributed by atoms with Crippen molar-refractivity contribution in [1.29, 1.82) is 0 Å². The number of fused-ring (bicyclic) bond motifs is 1. The molecule has 1 saturated heterocycles. The van der Waals surface area contributed by atoms with E-state index >= 15 is 0 Å². The fourth-order valence-electron chi connectivity index (χ4n) is 6.00. The molecule has 0 aliphatic carbocycles. The van der Waals surface area contributed by atoms with Gasteiger partial charge in [-0.05, 0) is 94.0 Å². The number of benzene rings is 1. The van der Waals surface area contributed by atoms with Crippen molar-refractivity contribution >= 4 is 34.2 Å². The number of halogens is 1. The van der Waals surface area contributed by atoms with Crippen LogP contribution in [0, 0.1) is 20.8 Å². The third kappa shape index (κ3) is 6.54. The second-order valence-electron chi connectivity index (χ2n) is 11.3. The molecular formula is C32H40ClN7O.